The van der Waals surface area contributed by atoms with E-state index in [1.54, 1.807) is 0 Å². The smallest absolute Gasteiger partial charge is 0.392 e. The van der Waals surface area contributed by atoms with Gasteiger partial charge in [-0.05, 0) is 49.6 Å². The summed E-state index contributed by atoms with van der Waals surface area (Å²) >= 11 is 0. The van der Waals surface area contributed by atoms with E-state index >= 15 is 0 Å². The van der Waals surface area contributed by atoms with Crippen LogP contribution in [0, 0.1) is 6.92 Å². The Morgan fingerprint density at radius 3 is 2.45 bits per heavy atom. The Labute approximate surface area is 178 Å². The summed E-state index contributed by atoms with van der Waals surface area (Å²) < 4.78 is 35.4. The van der Waals surface area contributed by atoms with Crippen molar-refractivity contribution < 1.29 is 18.3 Å². The van der Waals surface area contributed by atoms with E-state index < -0.39 is 17.3 Å². The Morgan fingerprint density at radius 2 is 1.87 bits per heavy atom. The van der Waals surface area contributed by atoms with E-state index in [-0.39, 0.29) is 6.61 Å². The number of nitrogens with one attached hydrogen (secondary N) is 1. The van der Waals surface area contributed by atoms with Crippen LogP contribution in [0.5, 0.6) is 0 Å². The molecule has 1 saturated heterocycles. The van der Waals surface area contributed by atoms with Crippen LogP contribution < -0.4 is 10.5 Å². The summed E-state index contributed by atoms with van der Waals surface area (Å²) in [5.74, 6) is 0. The molecule has 0 saturated carbocycles. The lowest BCUT2D eigenvalue weighted by Gasteiger charge is -2.21. The fourth-order valence-corrected chi connectivity index (χ4v) is 3.50. The van der Waals surface area contributed by atoms with Crippen LogP contribution in [0.25, 0.3) is 11.3 Å². The third-order valence-electron chi connectivity index (χ3n) is 5.09. The molecule has 0 radical (unpaired) electrons. The number of benzene rings is 1. The Bertz CT molecular complexity index is 1050. The van der Waals surface area contributed by atoms with Crippen LogP contribution >= 0.6 is 0 Å². The van der Waals surface area contributed by atoms with E-state index in [0.29, 0.717) is 6.20 Å². The molecular weight excluding hydrogens is 407 g/mol. The normalized spacial score (nSPS) is 13.6. The molecule has 0 bridgehead atoms. The highest BCUT2D eigenvalue weighted by Gasteiger charge is 2.30. The van der Waals surface area contributed by atoms with Gasteiger partial charge in [-0.3, -0.25) is 9.78 Å². The van der Waals surface area contributed by atoms with E-state index in [1.165, 1.54) is 18.5 Å². The zero-order valence-electron chi connectivity index (χ0n) is 17.1. The van der Waals surface area contributed by atoms with Crippen molar-refractivity contribution >= 4 is 5.69 Å². The summed E-state index contributed by atoms with van der Waals surface area (Å²) in [6, 6.07) is 11.9. The Hall–Kier alpha value is -3.13. The topological polar surface area (TPSA) is 69.2 Å². The highest BCUT2D eigenvalue weighted by Crippen LogP contribution is 2.30. The second kappa shape index (κ2) is 9.78. The molecule has 0 spiro atoms. The van der Waals surface area contributed by atoms with Crippen LogP contribution in [0.3, 0.4) is 0 Å². The second-order valence-electron chi connectivity index (χ2n) is 7.30. The zero-order chi connectivity index (χ0) is 22.4. The maximum absolute atomic E-state index is 11.8. The molecule has 1 aliphatic heterocycles. The molecule has 1 fully saturated rings. The van der Waals surface area contributed by atoms with Gasteiger partial charge in [0.15, 0.2) is 0 Å². The van der Waals surface area contributed by atoms with Gasteiger partial charge in [-0.1, -0.05) is 12.1 Å². The number of pyridine rings is 2. The van der Waals surface area contributed by atoms with E-state index in [4.69, 9.17) is 0 Å². The quantitative estimate of drug-likeness (QED) is 0.639. The zero-order valence-corrected chi connectivity index (χ0v) is 17.1. The molecule has 3 aromatic rings. The van der Waals surface area contributed by atoms with Gasteiger partial charge in [0.1, 0.15) is 0 Å². The van der Waals surface area contributed by atoms with Crippen LogP contribution in [-0.2, 0) is 12.8 Å². The van der Waals surface area contributed by atoms with Crippen LogP contribution in [0.4, 0.5) is 18.9 Å². The first-order chi connectivity index (χ1) is 14.8. The number of aromatic amines is 1. The van der Waals surface area contributed by atoms with E-state index in [2.05, 4.69) is 41.1 Å². The number of hydrogen-bond donors (Lipinski definition) is 2. The van der Waals surface area contributed by atoms with Crippen LogP contribution in [0.15, 0.2) is 59.7 Å². The molecule has 31 heavy (non-hydrogen) atoms. The monoisotopic (exact) mass is 431 g/mol. The summed E-state index contributed by atoms with van der Waals surface area (Å²) in [4.78, 5) is 19.1. The van der Waals surface area contributed by atoms with Crippen molar-refractivity contribution in [2.45, 2.75) is 32.5 Å². The third-order valence-corrected chi connectivity index (χ3v) is 5.09. The van der Waals surface area contributed by atoms with Crippen molar-refractivity contribution in [2.24, 2.45) is 0 Å². The standard InChI is InChI=1S/C17H20N2O.C6H4F3NO/c1-13-5-4-8-18-17(13)14-6-7-16(15(11-14)12-20)19-9-2-3-10-19;7-6(8,9)4-1-2-5(11)10-3-4/h4-8,11,20H,2-3,9-10,12H2,1H3;1-3H,(H,10,11). The summed E-state index contributed by atoms with van der Waals surface area (Å²) in [5, 5.41) is 9.67. The molecule has 5 nitrogen and oxygen atoms in total. The van der Waals surface area contributed by atoms with Gasteiger partial charge in [0.2, 0.25) is 5.56 Å². The second-order valence-corrected chi connectivity index (χ2v) is 7.30. The SMILES string of the molecule is Cc1cccnc1-c1ccc(N2CCCC2)c(CO)c1.O=c1ccc(C(F)(F)F)c[nH]1. The molecule has 2 aromatic heterocycles. The van der Waals surface area contributed by atoms with E-state index in [1.807, 2.05) is 17.2 Å². The molecule has 0 unspecified atom stereocenters. The predicted octanol–water partition coefficient (Wildman–Crippen LogP) is 4.54. The van der Waals surface area contributed by atoms with Gasteiger partial charge in [-0.25, -0.2) is 0 Å². The first-order valence-electron chi connectivity index (χ1n) is 9.96. The number of aromatic nitrogens is 2. The Balaban J connectivity index is 0.000000210. The fraction of sp³-hybridized carbons (Fsp3) is 0.304. The highest BCUT2D eigenvalue weighted by molar-refractivity contribution is 5.68. The van der Waals surface area contributed by atoms with Crippen molar-refractivity contribution in [3.8, 4) is 11.3 Å². The third kappa shape index (κ3) is 5.73. The largest absolute Gasteiger partial charge is 0.417 e. The first kappa shape index (κ1) is 22.6. The number of aliphatic hydroxyl groups excluding tert-OH is 1. The van der Waals surface area contributed by atoms with Crippen molar-refractivity contribution in [3.63, 3.8) is 0 Å². The fourth-order valence-electron chi connectivity index (χ4n) is 3.50. The number of aliphatic hydroxyl groups is 1. The molecule has 1 aromatic carbocycles. The van der Waals surface area contributed by atoms with Crippen LogP contribution in [0.2, 0.25) is 0 Å². The summed E-state index contributed by atoms with van der Waals surface area (Å²) in [6.07, 6.45) is 0.555. The van der Waals surface area contributed by atoms with Gasteiger partial charge < -0.3 is 15.0 Å². The average molecular weight is 431 g/mol. The summed E-state index contributed by atoms with van der Waals surface area (Å²) in [6.45, 7) is 4.32. The molecule has 0 amide bonds. The highest BCUT2D eigenvalue weighted by atomic mass is 19.4. The first-order valence-corrected chi connectivity index (χ1v) is 9.96. The maximum Gasteiger partial charge on any atom is 0.417 e. The van der Waals surface area contributed by atoms with E-state index in [9.17, 15) is 23.1 Å². The van der Waals surface area contributed by atoms with Gasteiger partial charge in [0.05, 0.1) is 17.9 Å². The maximum atomic E-state index is 11.8. The molecule has 1 aliphatic rings. The number of aryl methyl sites for hydroxylation is 1. The number of alkyl halides is 3. The van der Waals surface area contributed by atoms with Crippen molar-refractivity contribution in [2.75, 3.05) is 18.0 Å². The molecule has 0 atom stereocenters. The number of anilines is 1. The number of H-pyrrole nitrogens is 1. The molecule has 3 heterocycles. The molecule has 164 valence electrons. The van der Waals surface area contributed by atoms with Crippen molar-refractivity contribution in [1.82, 2.24) is 9.97 Å². The molecule has 2 N–H and O–H groups in total. The molecule has 8 heteroatoms. The summed E-state index contributed by atoms with van der Waals surface area (Å²) in [5.41, 5.74) is 4.00. The lowest BCUT2D eigenvalue weighted by Crippen LogP contribution is -2.19. The lowest BCUT2D eigenvalue weighted by atomic mass is 10.0. The number of nitrogens with zero attached hydrogens (tertiary/aromatic N) is 2. The van der Waals surface area contributed by atoms with E-state index in [0.717, 1.165) is 47.6 Å². The van der Waals surface area contributed by atoms with Gasteiger partial charge in [-0.15, -0.1) is 0 Å². The molecule has 0 aliphatic carbocycles. The van der Waals surface area contributed by atoms with Crippen LogP contribution in [0.1, 0.15) is 29.5 Å². The Kier molecular flexibility index (Phi) is 7.12. The number of halogens is 3. The minimum absolute atomic E-state index is 0.0750. The average Bonchev–Trinajstić information content (AvgIpc) is 3.28. The van der Waals surface area contributed by atoms with Crippen molar-refractivity contribution in [1.29, 1.82) is 0 Å². The molecular formula is C23H24F3N3O2. The van der Waals surface area contributed by atoms with Gasteiger partial charge in [-0.2, -0.15) is 13.2 Å². The Morgan fingerprint density at radius 1 is 1.13 bits per heavy atom. The van der Waals surface area contributed by atoms with Crippen molar-refractivity contribution in [3.05, 3.63) is 81.9 Å². The number of rotatable bonds is 3. The van der Waals surface area contributed by atoms with Gasteiger partial charge in [0.25, 0.3) is 0 Å². The minimum atomic E-state index is -4.38. The number of hydrogen-bond acceptors (Lipinski definition) is 4. The summed E-state index contributed by atoms with van der Waals surface area (Å²) in [7, 11) is 0. The van der Waals surface area contributed by atoms with Crippen LogP contribution in [-0.4, -0.2) is 28.2 Å². The predicted molar refractivity (Wildman–Crippen MR) is 114 cm³/mol. The lowest BCUT2D eigenvalue weighted by molar-refractivity contribution is -0.137. The minimum Gasteiger partial charge on any atom is -0.392 e. The van der Waals surface area contributed by atoms with Gasteiger partial charge in [0, 0.05) is 48.4 Å². The van der Waals surface area contributed by atoms with Gasteiger partial charge >= 0.3 is 6.18 Å². The molecule has 4 rings (SSSR count).